The van der Waals surface area contributed by atoms with Gasteiger partial charge >= 0.3 is 0 Å². The fourth-order valence-electron chi connectivity index (χ4n) is 1.25. The molecule has 3 N–H and O–H groups in total. The van der Waals surface area contributed by atoms with Crippen molar-refractivity contribution in [2.75, 3.05) is 7.11 Å². The molecule has 0 fully saturated rings. The first-order valence-electron chi connectivity index (χ1n) is 4.57. The predicted molar refractivity (Wildman–Crippen MR) is 56.9 cm³/mol. The van der Waals surface area contributed by atoms with Crippen molar-refractivity contribution >= 4 is 5.91 Å². The molecule has 2 heterocycles. The zero-order valence-corrected chi connectivity index (χ0v) is 8.60. The molecule has 0 aliphatic rings. The van der Waals surface area contributed by atoms with Gasteiger partial charge in [0.2, 0.25) is 5.88 Å². The summed E-state index contributed by atoms with van der Waals surface area (Å²) in [7, 11) is 1.53. The number of nitrogens with two attached hydrogens (primary N) is 1. The van der Waals surface area contributed by atoms with Gasteiger partial charge in [-0.05, 0) is 12.1 Å². The van der Waals surface area contributed by atoms with Crippen LogP contribution in [0.5, 0.6) is 5.88 Å². The maximum absolute atomic E-state index is 10.9. The molecule has 6 heteroatoms. The first-order valence-corrected chi connectivity index (χ1v) is 4.57. The Morgan fingerprint density at radius 2 is 2.25 bits per heavy atom. The van der Waals surface area contributed by atoms with E-state index in [9.17, 15) is 4.79 Å². The third-order valence-electron chi connectivity index (χ3n) is 2.04. The molecular formula is C10H10N4O2. The highest BCUT2D eigenvalue weighted by Gasteiger charge is 2.09. The zero-order chi connectivity index (χ0) is 11.5. The van der Waals surface area contributed by atoms with Gasteiger partial charge in [-0.3, -0.25) is 9.89 Å². The second-order valence-electron chi connectivity index (χ2n) is 3.10. The van der Waals surface area contributed by atoms with E-state index in [0.29, 0.717) is 17.3 Å². The number of hydrogen-bond donors (Lipinski definition) is 2. The van der Waals surface area contributed by atoms with Gasteiger partial charge in [0.15, 0.2) is 0 Å². The van der Waals surface area contributed by atoms with E-state index in [1.54, 1.807) is 24.3 Å². The van der Waals surface area contributed by atoms with Crippen LogP contribution < -0.4 is 10.5 Å². The van der Waals surface area contributed by atoms with Gasteiger partial charge in [0.25, 0.3) is 5.91 Å². The summed E-state index contributed by atoms with van der Waals surface area (Å²) in [6.45, 7) is 0. The van der Waals surface area contributed by atoms with Crippen molar-refractivity contribution < 1.29 is 9.53 Å². The minimum atomic E-state index is -0.554. The number of primary amides is 1. The van der Waals surface area contributed by atoms with Gasteiger partial charge in [0.05, 0.1) is 12.8 Å². The number of ether oxygens (including phenoxy) is 1. The van der Waals surface area contributed by atoms with Crippen LogP contribution in [0.4, 0.5) is 0 Å². The van der Waals surface area contributed by atoms with E-state index in [1.807, 2.05) is 0 Å². The molecule has 0 atom stereocenters. The van der Waals surface area contributed by atoms with Crippen molar-refractivity contribution in [2.45, 2.75) is 0 Å². The van der Waals surface area contributed by atoms with Gasteiger partial charge in [0, 0.05) is 6.07 Å². The van der Waals surface area contributed by atoms with Crippen LogP contribution in [0.3, 0.4) is 0 Å². The average Bonchev–Trinajstić information content (AvgIpc) is 2.78. The van der Waals surface area contributed by atoms with E-state index in [1.165, 1.54) is 7.11 Å². The van der Waals surface area contributed by atoms with Crippen molar-refractivity contribution in [3.8, 4) is 17.3 Å². The Balaban J connectivity index is 2.38. The van der Waals surface area contributed by atoms with Gasteiger partial charge in [-0.15, -0.1) is 0 Å². The number of methoxy groups -OCH3 is 1. The fourth-order valence-corrected chi connectivity index (χ4v) is 1.25. The molecule has 0 unspecified atom stereocenters. The minimum Gasteiger partial charge on any atom is -0.481 e. The number of pyridine rings is 1. The van der Waals surface area contributed by atoms with Gasteiger partial charge in [-0.25, -0.2) is 4.98 Å². The molecule has 16 heavy (non-hydrogen) atoms. The molecule has 0 spiro atoms. The lowest BCUT2D eigenvalue weighted by Gasteiger charge is -1.99. The highest BCUT2D eigenvalue weighted by atomic mass is 16.5. The largest absolute Gasteiger partial charge is 0.481 e. The summed E-state index contributed by atoms with van der Waals surface area (Å²) in [4.78, 5) is 15.1. The molecule has 0 saturated carbocycles. The molecule has 82 valence electrons. The first kappa shape index (κ1) is 10.2. The number of nitrogens with zero attached hydrogens (tertiary/aromatic N) is 2. The van der Waals surface area contributed by atoms with E-state index in [4.69, 9.17) is 10.5 Å². The smallest absolute Gasteiger partial charge is 0.266 e. The van der Waals surface area contributed by atoms with Crippen molar-refractivity contribution in [2.24, 2.45) is 5.73 Å². The molecule has 0 aliphatic heterocycles. The van der Waals surface area contributed by atoms with Crippen molar-refractivity contribution in [3.05, 3.63) is 30.0 Å². The molecular weight excluding hydrogens is 208 g/mol. The lowest BCUT2D eigenvalue weighted by atomic mass is 10.2. The number of hydrogen-bond acceptors (Lipinski definition) is 4. The van der Waals surface area contributed by atoms with Crippen LogP contribution in [-0.2, 0) is 0 Å². The Morgan fingerprint density at radius 3 is 2.88 bits per heavy atom. The number of carbonyl (C=O) groups is 1. The van der Waals surface area contributed by atoms with Crippen LogP contribution in [-0.4, -0.2) is 28.2 Å². The maximum Gasteiger partial charge on any atom is 0.266 e. The highest BCUT2D eigenvalue weighted by Crippen LogP contribution is 2.17. The molecule has 0 bridgehead atoms. The number of amides is 1. The van der Waals surface area contributed by atoms with E-state index in [2.05, 4.69) is 15.2 Å². The summed E-state index contributed by atoms with van der Waals surface area (Å²) in [5, 5.41) is 6.48. The number of carbonyl (C=O) groups excluding carboxylic acids is 1. The van der Waals surface area contributed by atoms with Crippen molar-refractivity contribution in [3.63, 3.8) is 0 Å². The second-order valence-corrected chi connectivity index (χ2v) is 3.10. The molecule has 2 aromatic heterocycles. The first-order chi connectivity index (χ1) is 7.70. The van der Waals surface area contributed by atoms with Crippen molar-refractivity contribution in [1.29, 1.82) is 0 Å². The second kappa shape index (κ2) is 4.01. The summed E-state index contributed by atoms with van der Waals surface area (Å²) < 4.78 is 4.99. The Kier molecular flexibility index (Phi) is 2.55. The number of H-pyrrole nitrogens is 1. The van der Waals surface area contributed by atoms with Crippen LogP contribution in [0.2, 0.25) is 0 Å². The Hall–Kier alpha value is -2.37. The summed E-state index contributed by atoms with van der Waals surface area (Å²) >= 11 is 0. The monoisotopic (exact) mass is 218 g/mol. The van der Waals surface area contributed by atoms with Gasteiger partial charge in [-0.2, -0.15) is 5.10 Å². The minimum absolute atomic E-state index is 0.250. The van der Waals surface area contributed by atoms with E-state index in [-0.39, 0.29) is 5.69 Å². The average molecular weight is 218 g/mol. The van der Waals surface area contributed by atoms with Crippen LogP contribution in [0.15, 0.2) is 24.3 Å². The van der Waals surface area contributed by atoms with Gasteiger partial charge in [-0.1, -0.05) is 6.07 Å². The van der Waals surface area contributed by atoms with Crippen LogP contribution in [0, 0.1) is 0 Å². The van der Waals surface area contributed by atoms with E-state index < -0.39 is 5.91 Å². The summed E-state index contributed by atoms with van der Waals surface area (Å²) in [6.07, 6.45) is 0. The molecule has 0 aliphatic carbocycles. The Labute approximate surface area is 91.5 Å². The van der Waals surface area contributed by atoms with E-state index >= 15 is 0 Å². The zero-order valence-electron chi connectivity index (χ0n) is 8.60. The standard InChI is InChI=1S/C10H10N4O2/c1-16-9-4-2-3-6(12-9)7-5-8(10(11)15)14-13-7/h2-5H,1H3,(H2,11,15)(H,13,14). The molecule has 0 aromatic carbocycles. The third-order valence-corrected chi connectivity index (χ3v) is 2.04. The SMILES string of the molecule is COc1cccc(-c2cc(C(N)=O)[nH]n2)n1. The summed E-state index contributed by atoms with van der Waals surface area (Å²) in [6, 6.07) is 6.83. The summed E-state index contributed by atoms with van der Waals surface area (Å²) in [5.41, 5.74) is 6.52. The molecule has 0 radical (unpaired) electrons. The number of aromatic nitrogens is 3. The highest BCUT2D eigenvalue weighted by molar-refractivity contribution is 5.91. The number of rotatable bonds is 3. The molecule has 2 aromatic rings. The molecule has 6 nitrogen and oxygen atoms in total. The van der Waals surface area contributed by atoms with Crippen molar-refractivity contribution in [1.82, 2.24) is 15.2 Å². The third kappa shape index (κ3) is 1.85. The van der Waals surface area contributed by atoms with Crippen LogP contribution >= 0.6 is 0 Å². The number of nitrogens with one attached hydrogen (secondary N) is 1. The van der Waals surface area contributed by atoms with Gasteiger partial charge < -0.3 is 10.5 Å². The number of aromatic amines is 1. The topological polar surface area (TPSA) is 93.9 Å². The normalized spacial score (nSPS) is 10.1. The van der Waals surface area contributed by atoms with Crippen LogP contribution in [0.25, 0.3) is 11.4 Å². The maximum atomic E-state index is 10.9. The molecule has 0 saturated heterocycles. The fraction of sp³-hybridized carbons (Fsp3) is 0.100. The Bertz CT molecular complexity index is 521. The summed E-state index contributed by atoms with van der Waals surface area (Å²) in [5.74, 6) is -0.0669. The lowest BCUT2D eigenvalue weighted by Crippen LogP contribution is -2.10. The lowest BCUT2D eigenvalue weighted by molar-refractivity contribution is 0.0995. The van der Waals surface area contributed by atoms with E-state index in [0.717, 1.165) is 0 Å². The van der Waals surface area contributed by atoms with Gasteiger partial charge in [0.1, 0.15) is 11.4 Å². The quantitative estimate of drug-likeness (QED) is 0.787. The predicted octanol–water partition coefficient (Wildman–Crippen LogP) is 0.579. The molecule has 2 rings (SSSR count). The molecule has 1 amide bonds. The Morgan fingerprint density at radius 1 is 1.44 bits per heavy atom. The van der Waals surface area contributed by atoms with Crippen LogP contribution in [0.1, 0.15) is 10.5 Å².